The SMILES string of the molecule is N#CC/C=C/c1cccc(Cl)c1. The van der Waals surface area contributed by atoms with Crippen LogP contribution in [0.2, 0.25) is 5.02 Å². The Labute approximate surface area is 76.9 Å². The highest BCUT2D eigenvalue weighted by Crippen LogP contribution is 2.11. The van der Waals surface area contributed by atoms with Gasteiger partial charge in [0, 0.05) is 5.02 Å². The van der Waals surface area contributed by atoms with Crippen LogP contribution in [0.25, 0.3) is 6.08 Å². The number of nitrogens with zero attached hydrogens (tertiary/aromatic N) is 1. The average Bonchev–Trinajstić information content (AvgIpc) is 2.05. The standard InChI is InChI=1S/C10H8ClN/c11-10-6-3-5-9(8-10)4-1-2-7-12/h1,3-6,8H,2H2/b4-1+. The maximum absolute atomic E-state index is 8.27. The summed E-state index contributed by atoms with van der Waals surface area (Å²) in [4.78, 5) is 0. The molecule has 0 aliphatic heterocycles. The molecule has 0 aromatic heterocycles. The van der Waals surface area contributed by atoms with E-state index in [1.165, 1.54) is 0 Å². The van der Waals surface area contributed by atoms with Gasteiger partial charge in [-0.25, -0.2) is 0 Å². The first kappa shape index (κ1) is 8.83. The maximum Gasteiger partial charge on any atom is 0.0663 e. The van der Waals surface area contributed by atoms with Gasteiger partial charge in [0.15, 0.2) is 0 Å². The molecule has 0 unspecified atom stereocenters. The summed E-state index contributed by atoms with van der Waals surface area (Å²) in [5.41, 5.74) is 1.03. The number of halogens is 1. The maximum atomic E-state index is 8.27. The van der Waals surface area contributed by atoms with Crippen LogP contribution in [0.1, 0.15) is 12.0 Å². The Kier molecular flexibility index (Phi) is 3.37. The molecule has 1 aromatic carbocycles. The van der Waals surface area contributed by atoms with E-state index in [0.717, 1.165) is 5.56 Å². The van der Waals surface area contributed by atoms with Gasteiger partial charge in [-0.2, -0.15) is 5.26 Å². The summed E-state index contributed by atoms with van der Waals surface area (Å²) in [5, 5.41) is 8.99. The molecule has 0 heterocycles. The lowest BCUT2D eigenvalue weighted by molar-refractivity contribution is 1.36. The predicted octanol–water partition coefficient (Wildman–Crippen LogP) is 3.27. The number of hydrogen-bond donors (Lipinski definition) is 0. The summed E-state index contributed by atoms with van der Waals surface area (Å²) in [7, 11) is 0. The molecule has 0 saturated carbocycles. The molecule has 60 valence electrons. The third-order valence-electron chi connectivity index (χ3n) is 1.37. The quantitative estimate of drug-likeness (QED) is 0.680. The van der Waals surface area contributed by atoms with E-state index in [2.05, 4.69) is 0 Å². The number of rotatable bonds is 2. The van der Waals surface area contributed by atoms with Crippen molar-refractivity contribution in [3.8, 4) is 6.07 Å². The third-order valence-corrected chi connectivity index (χ3v) is 1.60. The Hall–Kier alpha value is -1.26. The fourth-order valence-corrected chi connectivity index (χ4v) is 1.06. The Morgan fingerprint density at radius 1 is 1.50 bits per heavy atom. The lowest BCUT2D eigenvalue weighted by atomic mass is 10.2. The van der Waals surface area contributed by atoms with Gasteiger partial charge in [-0.15, -0.1) is 0 Å². The molecular weight excluding hydrogens is 170 g/mol. The summed E-state index contributed by atoms with van der Waals surface area (Å²) < 4.78 is 0. The molecule has 0 fully saturated rings. The average molecular weight is 178 g/mol. The van der Waals surface area contributed by atoms with Crippen molar-refractivity contribution in [2.45, 2.75) is 6.42 Å². The Morgan fingerprint density at radius 3 is 3.00 bits per heavy atom. The van der Waals surface area contributed by atoms with Gasteiger partial charge in [-0.3, -0.25) is 0 Å². The second-order valence-electron chi connectivity index (χ2n) is 2.32. The smallest absolute Gasteiger partial charge is 0.0663 e. The first-order valence-electron chi connectivity index (χ1n) is 3.62. The summed E-state index contributed by atoms with van der Waals surface area (Å²) in [6, 6.07) is 9.54. The van der Waals surface area contributed by atoms with E-state index in [1.54, 1.807) is 0 Å². The predicted molar refractivity (Wildman–Crippen MR) is 50.7 cm³/mol. The highest BCUT2D eigenvalue weighted by molar-refractivity contribution is 6.30. The van der Waals surface area contributed by atoms with E-state index in [-0.39, 0.29) is 0 Å². The summed E-state index contributed by atoms with van der Waals surface area (Å²) in [6.45, 7) is 0. The molecule has 1 rings (SSSR count). The van der Waals surface area contributed by atoms with Crippen LogP contribution in [-0.2, 0) is 0 Å². The zero-order valence-corrected chi connectivity index (χ0v) is 7.25. The minimum atomic E-state index is 0.437. The number of nitriles is 1. The van der Waals surface area contributed by atoms with Crippen LogP contribution in [0.3, 0.4) is 0 Å². The molecule has 1 aromatic rings. The highest BCUT2D eigenvalue weighted by atomic mass is 35.5. The Morgan fingerprint density at radius 2 is 2.33 bits per heavy atom. The molecule has 0 bridgehead atoms. The largest absolute Gasteiger partial charge is 0.198 e. The van der Waals surface area contributed by atoms with Gasteiger partial charge in [-0.05, 0) is 17.7 Å². The molecule has 0 saturated heterocycles. The van der Waals surface area contributed by atoms with Crippen molar-refractivity contribution in [1.29, 1.82) is 5.26 Å². The van der Waals surface area contributed by atoms with E-state index in [1.807, 2.05) is 42.5 Å². The molecule has 0 spiro atoms. The molecular formula is C10H8ClN. The monoisotopic (exact) mass is 177 g/mol. The van der Waals surface area contributed by atoms with Crippen LogP contribution in [0.5, 0.6) is 0 Å². The fraction of sp³-hybridized carbons (Fsp3) is 0.100. The Bertz CT molecular complexity index is 323. The van der Waals surface area contributed by atoms with Gasteiger partial charge in [-0.1, -0.05) is 35.9 Å². The zero-order chi connectivity index (χ0) is 8.81. The topological polar surface area (TPSA) is 23.8 Å². The van der Waals surface area contributed by atoms with Crippen molar-refractivity contribution in [2.24, 2.45) is 0 Å². The van der Waals surface area contributed by atoms with Crippen molar-refractivity contribution in [2.75, 3.05) is 0 Å². The van der Waals surface area contributed by atoms with E-state index in [0.29, 0.717) is 11.4 Å². The van der Waals surface area contributed by atoms with Gasteiger partial charge in [0.1, 0.15) is 0 Å². The van der Waals surface area contributed by atoms with Crippen LogP contribution >= 0.6 is 11.6 Å². The van der Waals surface area contributed by atoms with Crippen LogP contribution in [0.4, 0.5) is 0 Å². The minimum absolute atomic E-state index is 0.437. The van der Waals surface area contributed by atoms with Gasteiger partial charge < -0.3 is 0 Å². The molecule has 0 amide bonds. The second kappa shape index (κ2) is 4.58. The van der Waals surface area contributed by atoms with Gasteiger partial charge in [0.25, 0.3) is 0 Å². The summed E-state index contributed by atoms with van der Waals surface area (Å²) >= 11 is 5.76. The molecule has 1 nitrogen and oxygen atoms in total. The number of benzene rings is 1. The van der Waals surface area contributed by atoms with Crippen molar-refractivity contribution in [1.82, 2.24) is 0 Å². The van der Waals surface area contributed by atoms with E-state index in [4.69, 9.17) is 16.9 Å². The number of allylic oxidation sites excluding steroid dienone is 1. The molecule has 0 aliphatic carbocycles. The van der Waals surface area contributed by atoms with Crippen LogP contribution in [0.15, 0.2) is 30.3 Å². The van der Waals surface area contributed by atoms with E-state index < -0.39 is 0 Å². The third kappa shape index (κ3) is 2.77. The van der Waals surface area contributed by atoms with E-state index in [9.17, 15) is 0 Å². The van der Waals surface area contributed by atoms with Gasteiger partial charge in [0.05, 0.1) is 12.5 Å². The first-order chi connectivity index (χ1) is 5.83. The molecule has 0 atom stereocenters. The molecule has 2 heteroatoms. The second-order valence-corrected chi connectivity index (χ2v) is 2.76. The van der Waals surface area contributed by atoms with Crippen molar-refractivity contribution in [3.63, 3.8) is 0 Å². The van der Waals surface area contributed by atoms with Crippen LogP contribution < -0.4 is 0 Å². The van der Waals surface area contributed by atoms with Gasteiger partial charge >= 0.3 is 0 Å². The van der Waals surface area contributed by atoms with E-state index >= 15 is 0 Å². The lowest BCUT2D eigenvalue weighted by Crippen LogP contribution is -1.70. The molecule has 0 radical (unpaired) electrons. The van der Waals surface area contributed by atoms with Gasteiger partial charge in [0.2, 0.25) is 0 Å². The zero-order valence-electron chi connectivity index (χ0n) is 6.50. The highest BCUT2D eigenvalue weighted by Gasteiger charge is 1.87. The van der Waals surface area contributed by atoms with Crippen LogP contribution in [0, 0.1) is 11.3 Å². The minimum Gasteiger partial charge on any atom is -0.198 e. The van der Waals surface area contributed by atoms with Crippen molar-refractivity contribution in [3.05, 3.63) is 40.9 Å². The first-order valence-corrected chi connectivity index (χ1v) is 4.00. The molecule has 12 heavy (non-hydrogen) atoms. The molecule has 0 aliphatic rings. The normalized spacial score (nSPS) is 10.0. The number of hydrogen-bond acceptors (Lipinski definition) is 1. The lowest BCUT2D eigenvalue weighted by Gasteiger charge is -1.92. The summed E-state index contributed by atoms with van der Waals surface area (Å²) in [6.07, 6.45) is 4.13. The van der Waals surface area contributed by atoms with Crippen molar-refractivity contribution >= 4 is 17.7 Å². The van der Waals surface area contributed by atoms with Crippen molar-refractivity contribution < 1.29 is 0 Å². The summed E-state index contributed by atoms with van der Waals surface area (Å²) in [5.74, 6) is 0. The van der Waals surface area contributed by atoms with Crippen LogP contribution in [-0.4, -0.2) is 0 Å². The fourth-order valence-electron chi connectivity index (χ4n) is 0.858. The Balaban J connectivity index is 2.71. The molecule has 0 N–H and O–H groups in total.